The lowest BCUT2D eigenvalue weighted by molar-refractivity contribution is -0.131. The van der Waals surface area contributed by atoms with E-state index in [1.807, 2.05) is 39.0 Å². The second-order valence-corrected chi connectivity index (χ2v) is 4.61. The molecule has 0 radical (unpaired) electrons. The number of anilines is 1. The molecular weight excluding hydrogens is 214 g/mol. The Labute approximate surface area is 102 Å². The third-order valence-electron chi connectivity index (χ3n) is 2.64. The summed E-state index contributed by atoms with van der Waals surface area (Å²) in [4.78, 5) is 12.1. The Hall–Kier alpha value is -1.61. The molecule has 3 heteroatoms. The summed E-state index contributed by atoms with van der Waals surface area (Å²) in [5.41, 5.74) is -0.122. The Kier molecular flexibility index (Phi) is 4.46. The first-order chi connectivity index (χ1) is 7.99. The molecule has 17 heavy (non-hydrogen) atoms. The quantitative estimate of drug-likeness (QED) is 0.492. The molecule has 1 amide bonds. The number of benzene rings is 1. The molecule has 1 rings (SSSR count). The van der Waals surface area contributed by atoms with Crippen LogP contribution in [0.3, 0.4) is 0 Å². The molecule has 0 bridgehead atoms. The van der Waals surface area contributed by atoms with Gasteiger partial charge in [-0.15, -0.1) is 0 Å². The normalized spacial score (nSPS) is 11.8. The van der Waals surface area contributed by atoms with E-state index < -0.39 is 5.41 Å². The lowest BCUT2D eigenvalue weighted by atomic mass is 9.88. The van der Waals surface area contributed by atoms with Crippen LogP contribution in [0, 0.1) is 5.41 Å². The van der Waals surface area contributed by atoms with Crippen molar-refractivity contribution < 1.29 is 10.0 Å². The summed E-state index contributed by atoms with van der Waals surface area (Å²) < 4.78 is 0. The molecule has 0 unspecified atom stereocenters. The molecule has 0 aromatic heterocycles. The van der Waals surface area contributed by atoms with E-state index in [1.54, 1.807) is 24.3 Å². The highest BCUT2D eigenvalue weighted by molar-refractivity contribution is 5.95. The van der Waals surface area contributed by atoms with Crippen molar-refractivity contribution in [1.82, 2.24) is 0 Å². The first-order valence-electron chi connectivity index (χ1n) is 5.68. The predicted octanol–water partition coefficient (Wildman–Crippen LogP) is 3.40. The van der Waals surface area contributed by atoms with Gasteiger partial charge < -0.3 is 0 Å². The Morgan fingerprint density at radius 3 is 2.47 bits per heavy atom. The van der Waals surface area contributed by atoms with Gasteiger partial charge in [0.25, 0.3) is 5.91 Å². The van der Waals surface area contributed by atoms with Crippen LogP contribution in [0.15, 0.2) is 42.5 Å². The number of hydrogen-bond donors (Lipinski definition) is 1. The molecule has 3 nitrogen and oxygen atoms in total. The Morgan fingerprint density at radius 1 is 1.35 bits per heavy atom. The summed E-state index contributed by atoms with van der Waals surface area (Å²) >= 11 is 0. The van der Waals surface area contributed by atoms with E-state index in [2.05, 4.69) is 0 Å². The number of nitrogens with zero attached hydrogens (tertiary/aromatic N) is 1. The van der Waals surface area contributed by atoms with Crippen molar-refractivity contribution in [1.29, 1.82) is 0 Å². The minimum Gasteiger partial charge on any atom is -0.281 e. The van der Waals surface area contributed by atoms with E-state index in [0.717, 1.165) is 5.06 Å². The molecule has 0 heterocycles. The molecule has 1 aromatic rings. The summed E-state index contributed by atoms with van der Waals surface area (Å²) in [7, 11) is 0. The van der Waals surface area contributed by atoms with Crippen molar-refractivity contribution in [3.63, 3.8) is 0 Å². The zero-order valence-electron chi connectivity index (χ0n) is 10.6. The number of para-hydroxylation sites is 1. The predicted molar refractivity (Wildman–Crippen MR) is 68.9 cm³/mol. The van der Waals surface area contributed by atoms with E-state index in [4.69, 9.17) is 0 Å². The van der Waals surface area contributed by atoms with Crippen LogP contribution in [-0.4, -0.2) is 11.1 Å². The average molecular weight is 233 g/mol. The third-order valence-corrected chi connectivity index (χ3v) is 2.64. The van der Waals surface area contributed by atoms with E-state index in [-0.39, 0.29) is 5.91 Å². The lowest BCUT2D eigenvalue weighted by Gasteiger charge is -2.26. The fourth-order valence-corrected chi connectivity index (χ4v) is 1.47. The zero-order valence-corrected chi connectivity index (χ0v) is 10.6. The topological polar surface area (TPSA) is 40.5 Å². The van der Waals surface area contributed by atoms with Crippen molar-refractivity contribution in [2.45, 2.75) is 27.2 Å². The van der Waals surface area contributed by atoms with Gasteiger partial charge in [-0.05, 0) is 25.5 Å². The summed E-state index contributed by atoms with van der Waals surface area (Å²) in [5, 5.41) is 10.6. The number of rotatable bonds is 4. The maximum Gasteiger partial charge on any atom is 0.256 e. The van der Waals surface area contributed by atoms with Crippen LogP contribution >= 0.6 is 0 Å². The van der Waals surface area contributed by atoms with Gasteiger partial charge in [0, 0.05) is 5.41 Å². The maximum absolute atomic E-state index is 12.1. The molecule has 0 aliphatic heterocycles. The van der Waals surface area contributed by atoms with Crippen LogP contribution in [-0.2, 0) is 4.79 Å². The van der Waals surface area contributed by atoms with E-state index in [1.165, 1.54) is 0 Å². The molecule has 0 aliphatic rings. The van der Waals surface area contributed by atoms with Crippen molar-refractivity contribution in [2.75, 3.05) is 5.06 Å². The van der Waals surface area contributed by atoms with Crippen LogP contribution in [0.4, 0.5) is 5.69 Å². The highest BCUT2D eigenvalue weighted by Crippen LogP contribution is 2.26. The van der Waals surface area contributed by atoms with Gasteiger partial charge in [0.2, 0.25) is 0 Å². The minimum absolute atomic E-state index is 0.304. The fourth-order valence-electron chi connectivity index (χ4n) is 1.47. The average Bonchev–Trinajstić information content (AvgIpc) is 2.35. The Bertz CT molecular complexity index is 396. The number of hydrogen-bond acceptors (Lipinski definition) is 2. The summed E-state index contributed by atoms with van der Waals surface area (Å²) in [6.07, 6.45) is 4.43. The van der Waals surface area contributed by atoms with Gasteiger partial charge in [0.05, 0.1) is 5.69 Å². The van der Waals surface area contributed by atoms with Crippen molar-refractivity contribution in [2.24, 2.45) is 5.41 Å². The first-order valence-corrected chi connectivity index (χ1v) is 5.68. The second kappa shape index (κ2) is 5.64. The van der Waals surface area contributed by atoms with E-state index in [9.17, 15) is 10.0 Å². The Balaban J connectivity index is 2.83. The number of carbonyl (C=O) groups is 1. The molecular formula is C14H19NO2. The summed E-state index contributed by atoms with van der Waals surface area (Å²) in [6.45, 7) is 5.55. The van der Waals surface area contributed by atoms with Crippen LogP contribution < -0.4 is 5.06 Å². The van der Waals surface area contributed by atoms with Crippen LogP contribution in [0.5, 0.6) is 0 Å². The highest BCUT2D eigenvalue weighted by atomic mass is 16.5. The van der Waals surface area contributed by atoms with Crippen LogP contribution in [0.2, 0.25) is 0 Å². The van der Waals surface area contributed by atoms with Gasteiger partial charge >= 0.3 is 0 Å². The SMILES string of the molecule is C/C=C/CC(C)(C)C(=O)N(O)c1ccccc1. The number of amides is 1. The van der Waals surface area contributed by atoms with Crippen molar-refractivity contribution in [3.05, 3.63) is 42.5 Å². The maximum atomic E-state index is 12.1. The highest BCUT2D eigenvalue weighted by Gasteiger charge is 2.31. The first kappa shape index (κ1) is 13.5. The molecule has 0 spiro atoms. The molecule has 0 saturated heterocycles. The molecule has 0 atom stereocenters. The largest absolute Gasteiger partial charge is 0.281 e. The van der Waals surface area contributed by atoms with Gasteiger partial charge in [-0.2, -0.15) is 5.06 Å². The van der Waals surface area contributed by atoms with Crippen molar-refractivity contribution in [3.8, 4) is 0 Å². The fraction of sp³-hybridized carbons (Fsp3) is 0.357. The lowest BCUT2D eigenvalue weighted by Crippen LogP contribution is -2.38. The molecule has 1 aromatic carbocycles. The van der Waals surface area contributed by atoms with Gasteiger partial charge in [-0.25, -0.2) is 0 Å². The van der Waals surface area contributed by atoms with E-state index >= 15 is 0 Å². The van der Waals surface area contributed by atoms with Gasteiger partial charge in [-0.1, -0.05) is 44.2 Å². The Morgan fingerprint density at radius 2 is 1.94 bits per heavy atom. The van der Waals surface area contributed by atoms with Crippen LogP contribution in [0.1, 0.15) is 27.2 Å². The van der Waals surface area contributed by atoms with Gasteiger partial charge in [0.1, 0.15) is 0 Å². The van der Waals surface area contributed by atoms with Gasteiger partial charge in [0.15, 0.2) is 0 Å². The van der Waals surface area contributed by atoms with E-state index in [0.29, 0.717) is 12.1 Å². The number of allylic oxidation sites excluding steroid dienone is 2. The smallest absolute Gasteiger partial charge is 0.256 e. The molecule has 0 fully saturated rings. The zero-order chi connectivity index (χ0) is 12.9. The summed E-state index contributed by atoms with van der Waals surface area (Å²) in [6, 6.07) is 8.80. The number of carbonyl (C=O) groups excluding carboxylic acids is 1. The standard InChI is InChI=1S/C14H19NO2/c1-4-5-11-14(2,3)13(16)15(17)12-9-7-6-8-10-12/h4-10,17H,11H2,1-3H3/b5-4+. The third kappa shape index (κ3) is 3.43. The molecule has 1 N–H and O–H groups in total. The monoisotopic (exact) mass is 233 g/mol. The molecule has 0 aliphatic carbocycles. The van der Waals surface area contributed by atoms with Gasteiger partial charge in [-0.3, -0.25) is 10.0 Å². The number of hydroxylamine groups is 1. The molecule has 92 valence electrons. The molecule has 0 saturated carbocycles. The minimum atomic E-state index is -0.614. The summed E-state index contributed by atoms with van der Waals surface area (Å²) in [5.74, 6) is -0.304. The second-order valence-electron chi connectivity index (χ2n) is 4.61. The van der Waals surface area contributed by atoms with Crippen molar-refractivity contribution >= 4 is 11.6 Å². The van der Waals surface area contributed by atoms with Crippen LogP contribution in [0.25, 0.3) is 0 Å².